The number of amides is 3. The third-order valence-electron chi connectivity index (χ3n) is 5.38. The summed E-state index contributed by atoms with van der Waals surface area (Å²) in [6, 6.07) is 19.5. The van der Waals surface area contributed by atoms with Gasteiger partial charge in [0.1, 0.15) is 0 Å². The van der Waals surface area contributed by atoms with E-state index >= 15 is 0 Å². The van der Waals surface area contributed by atoms with Crippen LogP contribution in [0.5, 0.6) is 0 Å². The molecule has 1 heterocycles. The van der Waals surface area contributed by atoms with Crippen molar-refractivity contribution in [2.45, 2.75) is 18.9 Å². The second kappa shape index (κ2) is 10.1. The zero-order valence-corrected chi connectivity index (χ0v) is 17.2. The molecule has 1 aliphatic heterocycles. The van der Waals surface area contributed by atoms with Crippen LogP contribution in [-0.2, 0) is 4.79 Å². The molecule has 3 rings (SSSR count). The number of likely N-dealkylation sites (N-methyl/N-ethyl adjacent to an activating group) is 1. The van der Waals surface area contributed by atoms with Crippen LogP contribution in [0.25, 0.3) is 0 Å². The van der Waals surface area contributed by atoms with Gasteiger partial charge in [0, 0.05) is 25.3 Å². The van der Waals surface area contributed by atoms with E-state index in [2.05, 4.69) is 27.7 Å². The monoisotopic (exact) mass is 394 g/mol. The quantitative estimate of drug-likeness (QED) is 0.790. The lowest BCUT2D eigenvalue weighted by Gasteiger charge is -2.33. The number of rotatable bonds is 6. The van der Waals surface area contributed by atoms with Gasteiger partial charge in [-0.3, -0.25) is 4.79 Å². The Labute approximate surface area is 172 Å². The number of urea groups is 1. The molecule has 29 heavy (non-hydrogen) atoms. The van der Waals surface area contributed by atoms with Gasteiger partial charge in [0.2, 0.25) is 5.91 Å². The molecule has 2 aromatic carbocycles. The molecule has 2 N–H and O–H groups in total. The minimum Gasteiger partial charge on any atom is -0.354 e. The Kier molecular flexibility index (Phi) is 7.25. The molecule has 0 aliphatic carbocycles. The van der Waals surface area contributed by atoms with Crippen molar-refractivity contribution in [1.82, 2.24) is 15.1 Å². The summed E-state index contributed by atoms with van der Waals surface area (Å²) >= 11 is 0. The number of anilines is 1. The van der Waals surface area contributed by atoms with Crippen LogP contribution in [0.3, 0.4) is 0 Å². The summed E-state index contributed by atoms with van der Waals surface area (Å²) < 4.78 is 0. The van der Waals surface area contributed by atoms with E-state index in [1.165, 1.54) is 5.56 Å². The number of benzene rings is 2. The average molecular weight is 395 g/mol. The first kappa shape index (κ1) is 20.9. The fourth-order valence-corrected chi connectivity index (χ4v) is 3.71. The van der Waals surface area contributed by atoms with Gasteiger partial charge in [0.15, 0.2) is 0 Å². The lowest BCUT2D eigenvalue weighted by molar-refractivity contribution is -0.126. The van der Waals surface area contributed by atoms with Crippen molar-refractivity contribution >= 4 is 17.6 Å². The first-order chi connectivity index (χ1) is 14.0. The lowest BCUT2D eigenvalue weighted by Crippen LogP contribution is -2.47. The predicted octanol–water partition coefficient (Wildman–Crippen LogP) is 3.35. The SMILES string of the molecule is CN(C)C(CNC(=O)C1CCCN(C(=O)Nc2ccccc2)C1)c1ccccc1. The summed E-state index contributed by atoms with van der Waals surface area (Å²) in [5.41, 5.74) is 1.94. The largest absolute Gasteiger partial charge is 0.354 e. The maximum atomic E-state index is 12.8. The van der Waals surface area contributed by atoms with Crippen LogP contribution in [0.2, 0.25) is 0 Å². The van der Waals surface area contributed by atoms with Crippen LogP contribution >= 0.6 is 0 Å². The van der Waals surface area contributed by atoms with Gasteiger partial charge in [0.05, 0.1) is 12.0 Å². The van der Waals surface area contributed by atoms with Gasteiger partial charge in [-0.05, 0) is 44.6 Å². The normalized spacial score (nSPS) is 17.6. The number of likely N-dealkylation sites (tertiary alicyclic amines) is 1. The molecular weight excluding hydrogens is 364 g/mol. The molecule has 3 amide bonds. The summed E-state index contributed by atoms with van der Waals surface area (Å²) in [5.74, 6) is -0.158. The van der Waals surface area contributed by atoms with E-state index in [1.807, 2.05) is 62.6 Å². The number of para-hydroxylation sites is 1. The molecule has 1 saturated heterocycles. The number of nitrogens with one attached hydrogen (secondary N) is 2. The van der Waals surface area contributed by atoms with Gasteiger partial charge in [-0.25, -0.2) is 4.79 Å². The smallest absolute Gasteiger partial charge is 0.321 e. The maximum absolute atomic E-state index is 12.8. The highest BCUT2D eigenvalue weighted by molar-refractivity contribution is 5.90. The van der Waals surface area contributed by atoms with E-state index in [9.17, 15) is 9.59 Å². The first-order valence-electron chi connectivity index (χ1n) is 10.1. The van der Waals surface area contributed by atoms with Crippen LogP contribution in [-0.4, -0.2) is 55.5 Å². The third kappa shape index (κ3) is 5.81. The van der Waals surface area contributed by atoms with E-state index in [1.54, 1.807) is 4.90 Å². The van der Waals surface area contributed by atoms with E-state index < -0.39 is 0 Å². The van der Waals surface area contributed by atoms with Crippen LogP contribution in [0.4, 0.5) is 10.5 Å². The molecule has 2 atom stereocenters. The Morgan fingerprint density at radius 2 is 1.72 bits per heavy atom. The number of carbonyl (C=O) groups is 2. The molecule has 0 saturated carbocycles. The molecule has 0 radical (unpaired) electrons. The van der Waals surface area contributed by atoms with Gasteiger partial charge < -0.3 is 20.4 Å². The molecule has 0 spiro atoms. The van der Waals surface area contributed by atoms with Gasteiger partial charge in [-0.1, -0.05) is 48.5 Å². The van der Waals surface area contributed by atoms with E-state index in [-0.39, 0.29) is 23.9 Å². The van der Waals surface area contributed by atoms with Gasteiger partial charge in [0.25, 0.3) is 0 Å². The molecular formula is C23H30N4O2. The maximum Gasteiger partial charge on any atom is 0.321 e. The fraction of sp³-hybridized carbons (Fsp3) is 0.391. The third-order valence-corrected chi connectivity index (χ3v) is 5.38. The number of hydrogen-bond donors (Lipinski definition) is 2. The van der Waals surface area contributed by atoms with Crippen LogP contribution < -0.4 is 10.6 Å². The van der Waals surface area contributed by atoms with Gasteiger partial charge >= 0.3 is 6.03 Å². The van der Waals surface area contributed by atoms with Crippen molar-refractivity contribution in [2.24, 2.45) is 5.92 Å². The van der Waals surface area contributed by atoms with Gasteiger partial charge in [-0.15, -0.1) is 0 Å². The van der Waals surface area contributed by atoms with Crippen molar-refractivity contribution in [3.8, 4) is 0 Å². The number of hydrogen-bond acceptors (Lipinski definition) is 3. The molecule has 154 valence electrons. The van der Waals surface area contributed by atoms with Crippen molar-refractivity contribution in [3.63, 3.8) is 0 Å². The summed E-state index contributed by atoms with van der Waals surface area (Å²) in [7, 11) is 4.03. The standard InChI is InChI=1S/C23H30N4O2/c1-26(2)21(18-10-5-3-6-11-18)16-24-22(28)19-12-9-15-27(17-19)23(29)25-20-13-7-4-8-14-20/h3-8,10-11,13-14,19,21H,9,12,15-17H2,1-2H3,(H,24,28)(H,25,29). The molecule has 1 fully saturated rings. The summed E-state index contributed by atoms with van der Waals surface area (Å²) in [5, 5.41) is 6.01. The highest BCUT2D eigenvalue weighted by atomic mass is 16.2. The number of carbonyl (C=O) groups excluding carboxylic acids is 2. The van der Waals surface area contributed by atoms with E-state index in [0.29, 0.717) is 19.6 Å². The second-order valence-electron chi connectivity index (χ2n) is 7.72. The zero-order valence-electron chi connectivity index (χ0n) is 17.2. The Hall–Kier alpha value is -2.86. The lowest BCUT2D eigenvalue weighted by atomic mass is 9.97. The fourth-order valence-electron chi connectivity index (χ4n) is 3.71. The molecule has 0 aromatic heterocycles. The zero-order chi connectivity index (χ0) is 20.6. The minimum absolute atomic E-state index is 0.0185. The Morgan fingerprint density at radius 1 is 1.07 bits per heavy atom. The molecule has 6 heteroatoms. The highest BCUT2D eigenvalue weighted by Crippen LogP contribution is 2.20. The van der Waals surface area contributed by atoms with Crippen molar-refractivity contribution < 1.29 is 9.59 Å². The minimum atomic E-state index is -0.177. The highest BCUT2D eigenvalue weighted by Gasteiger charge is 2.29. The Balaban J connectivity index is 1.54. The van der Waals surface area contributed by atoms with Crippen LogP contribution in [0, 0.1) is 5.92 Å². The first-order valence-corrected chi connectivity index (χ1v) is 10.1. The Bertz CT molecular complexity index is 795. The van der Waals surface area contributed by atoms with E-state index in [0.717, 1.165) is 18.5 Å². The number of piperidine rings is 1. The molecule has 0 bridgehead atoms. The Morgan fingerprint density at radius 3 is 2.38 bits per heavy atom. The molecule has 2 aromatic rings. The second-order valence-corrected chi connectivity index (χ2v) is 7.72. The van der Waals surface area contributed by atoms with Crippen LogP contribution in [0.1, 0.15) is 24.4 Å². The van der Waals surface area contributed by atoms with Gasteiger partial charge in [-0.2, -0.15) is 0 Å². The molecule has 6 nitrogen and oxygen atoms in total. The number of nitrogens with zero attached hydrogens (tertiary/aromatic N) is 2. The topological polar surface area (TPSA) is 64.7 Å². The van der Waals surface area contributed by atoms with Crippen molar-refractivity contribution in [2.75, 3.05) is 39.0 Å². The molecule has 2 unspecified atom stereocenters. The summed E-state index contributed by atoms with van der Waals surface area (Å²) in [6.07, 6.45) is 1.63. The predicted molar refractivity (Wildman–Crippen MR) is 116 cm³/mol. The molecule has 1 aliphatic rings. The summed E-state index contributed by atoms with van der Waals surface area (Å²) in [4.78, 5) is 29.2. The van der Waals surface area contributed by atoms with E-state index in [4.69, 9.17) is 0 Å². The average Bonchev–Trinajstić information content (AvgIpc) is 2.75. The summed E-state index contributed by atoms with van der Waals surface area (Å²) in [6.45, 7) is 1.66. The van der Waals surface area contributed by atoms with Crippen molar-refractivity contribution in [1.29, 1.82) is 0 Å². The van der Waals surface area contributed by atoms with Crippen molar-refractivity contribution in [3.05, 3.63) is 66.2 Å². The van der Waals surface area contributed by atoms with Crippen LogP contribution in [0.15, 0.2) is 60.7 Å².